The van der Waals surface area contributed by atoms with Crippen LogP contribution in [-0.4, -0.2) is 20.1 Å². The van der Waals surface area contributed by atoms with Gasteiger partial charge in [-0.25, -0.2) is 0 Å². The molecule has 3 heterocycles. The van der Waals surface area contributed by atoms with E-state index < -0.39 is 0 Å². The van der Waals surface area contributed by atoms with Gasteiger partial charge >= 0.3 is 0 Å². The van der Waals surface area contributed by atoms with Crippen LogP contribution in [-0.2, 0) is 0 Å². The van der Waals surface area contributed by atoms with Crippen LogP contribution in [0.3, 0.4) is 0 Å². The van der Waals surface area contributed by atoms with E-state index in [1.807, 2.05) is 42.7 Å². The number of para-hydroxylation sites is 1. The largest absolute Gasteiger partial charge is 0.355 e. The zero-order valence-corrected chi connectivity index (χ0v) is 13.1. The molecule has 0 amide bonds. The molecule has 118 valence electrons. The molecule has 5 heteroatoms. The molecule has 0 saturated carbocycles. The van der Waals surface area contributed by atoms with E-state index in [4.69, 9.17) is 4.52 Å². The maximum atomic E-state index is 5.69. The van der Waals surface area contributed by atoms with E-state index in [9.17, 15) is 0 Å². The summed E-state index contributed by atoms with van der Waals surface area (Å²) in [5, 5.41) is 7.36. The van der Waals surface area contributed by atoms with Gasteiger partial charge in [0.15, 0.2) is 5.58 Å². The van der Waals surface area contributed by atoms with Crippen LogP contribution in [0.5, 0.6) is 0 Å². The molecule has 0 bridgehead atoms. The van der Waals surface area contributed by atoms with Crippen molar-refractivity contribution in [3.05, 3.63) is 73.4 Å². The molecule has 0 radical (unpaired) electrons. The highest BCUT2D eigenvalue weighted by atomic mass is 16.5. The van der Waals surface area contributed by atoms with E-state index in [0.29, 0.717) is 11.4 Å². The maximum Gasteiger partial charge on any atom is 0.175 e. The van der Waals surface area contributed by atoms with Gasteiger partial charge in [-0.3, -0.25) is 15.0 Å². The van der Waals surface area contributed by atoms with Gasteiger partial charge in [-0.1, -0.05) is 41.6 Å². The molecule has 0 aliphatic carbocycles. The lowest BCUT2D eigenvalue weighted by molar-refractivity contribution is 0.460. The molecule has 25 heavy (non-hydrogen) atoms. The van der Waals surface area contributed by atoms with Crippen LogP contribution in [0.2, 0.25) is 0 Å². The molecular formula is C20H12N4O. The van der Waals surface area contributed by atoms with Gasteiger partial charge in [-0.05, 0) is 11.5 Å². The Hall–Kier alpha value is -3.60. The Bertz CT molecular complexity index is 1190. The first kappa shape index (κ1) is 13.8. The van der Waals surface area contributed by atoms with Crippen molar-refractivity contribution in [2.24, 2.45) is 0 Å². The number of nitrogens with zero attached hydrogens (tertiary/aromatic N) is 4. The highest BCUT2D eigenvalue weighted by Gasteiger charge is 2.16. The summed E-state index contributed by atoms with van der Waals surface area (Å²) in [6.45, 7) is 0. The van der Waals surface area contributed by atoms with Crippen LogP contribution >= 0.6 is 0 Å². The van der Waals surface area contributed by atoms with Gasteiger partial charge in [0, 0.05) is 41.3 Å². The van der Waals surface area contributed by atoms with E-state index in [0.717, 1.165) is 32.9 Å². The lowest BCUT2D eigenvalue weighted by atomic mass is 9.99. The van der Waals surface area contributed by atoms with Gasteiger partial charge in [-0.15, -0.1) is 0 Å². The number of rotatable bonds is 2. The predicted molar refractivity (Wildman–Crippen MR) is 95.8 cm³/mol. The first-order chi connectivity index (χ1) is 12.4. The Kier molecular flexibility index (Phi) is 3.03. The Morgan fingerprint density at radius 3 is 2.56 bits per heavy atom. The maximum absolute atomic E-state index is 5.69. The fourth-order valence-corrected chi connectivity index (χ4v) is 3.11. The van der Waals surface area contributed by atoms with Crippen LogP contribution in [0.15, 0.2) is 78.0 Å². The molecule has 3 aromatic heterocycles. The van der Waals surface area contributed by atoms with Crippen molar-refractivity contribution < 1.29 is 4.52 Å². The summed E-state index contributed by atoms with van der Waals surface area (Å²) in [6, 6.07) is 14.2. The molecule has 0 saturated heterocycles. The molecule has 0 spiro atoms. The third-order valence-corrected chi connectivity index (χ3v) is 4.26. The van der Waals surface area contributed by atoms with Crippen molar-refractivity contribution in [2.45, 2.75) is 0 Å². The molecular weight excluding hydrogens is 312 g/mol. The van der Waals surface area contributed by atoms with E-state index in [-0.39, 0.29) is 0 Å². The number of hydrogen-bond acceptors (Lipinski definition) is 5. The van der Waals surface area contributed by atoms with Crippen LogP contribution in [0.4, 0.5) is 0 Å². The second-order valence-electron chi connectivity index (χ2n) is 5.71. The van der Waals surface area contributed by atoms with Crippen LogP contribution < -0.4 is 0 Å². The highest BCUT2D eigenvalue weighted by Crippen LogP contribution is 2.36. The number of fused-ring (bicyclic) bond motifs is 2. The summed E-state index contributed by atoms with van der Waals surface area (Å²) >= 11 is 0. The zero-order valence-electron chi connectivity index (χ0n) is 13.1. The Balaban J connectivity index is 1.79. The zero-order chi connectivity index (χ0) is 16.6. The lowest BCUT2D eigenvalue weighted by Gasteiger charge is -2.06. The summed E-state index contributed by atoms with van der Waals surface area (Å²) < 4.78 is 5.69. The lowest BCUT2D eigenvalue weighted by Crippen LogP contribution is -1.86. The predicted octanol–water partition coefficient (Wildman–Crippen LogP) is 4.50. The first-order valence-electron chi connectivity index (χ1n) is 7.90. The Morgan fingerprint density at radius 1 is 0.720 bits per heavy atom. The van der Waals surface area contributed by atoms with Gasteiger partial charge < -0.3 is 4.52 Å². The van der Waals surface area contributed by atoms with Crippen LogP contribution in [0.1, 0.15) is 0 Å². The molecule has 5 aromatic rings. The molecule has 0 atom stereocenters. The van der Waals surface area contributed by atoms with Crippen molar-refractivity contribution in [1.29, 1.82) is 0 Å². The molecule has 2 aromatic carbocycles. The molecule has 0 fully saturated rings. The Labute approximate surface area is 143 Å². The summed E-state index contributed by atoms with van der Waals surface area (Å²) in [5.74, 6) is 0. The average Bonchev–Trinajstić information content (AvgIpc) is 3.12. The molecule has 0 aliphatic rings. The van der Waals surface area contributed by atoms with E-state index >= 15 is 0 Å². The third-order valence-electron chi connectivity index (χ3n) is 4.26. The quantitative estimate of drug-likeness (QED) is 0.478. The van der Waals surface area contributed by atoms with Gasteiger partial charge in [-0.2, -0.15) is 0 Å². The molecule has 5 rings (SSSR count). The number of pyridine rings is 1. The minimum absolute atomic E-state index is 0.689. The highest BCUT2D eigenvalue weighted by molar-refractivity contribution is 6.05. The normalized spacial score (nSPS) is 11.2. The molecule has 5 nitrogen and oxygen atoms in total. The smallest absolute Gasteiger partial charge is 0.175 e. The summed E-state index contributed by atoms with van der Waals surface area (Å²) in [4.78, 5) is 12.8. The van der Waals surface area contributed by atoms with Gasteiger partial charge in [0.25, 0.3) is 0 Å². The number of aromatic nitrogens is 4. The SMILES string of the molecule is c1ccc2c(-c3cccc4c(-c5cnccn5)noc34)cncc2c1. The van der Waals surface area contributed by atoms with Crippen molar-refractivity contribution in [1.82, 2.24) is 20.1 Å². The van der Waals surface area contributed by atoms with E-state index in [1.165, 1.54) is 0 Å². The van der Waals surface area contributed by atoms with Crippen molar-refractivity contribution in [3.63, 3.8) is 0 Å². The molecule has 0 N–H and O–H groups in total. The fourth-order valence-electron chi connectivity index (χ4n) is 3.11. The standard InChI is InChI=1S/C20H12N4O/c1-2-5-14-13(4-1)10-22-11-17(14)15-6-3-7-16-19(24-25-20(15)16)18-12-21-8-9-23-18/h1-12H. The minimum Gasteiger partial charge on any atom is -0.355 e. The van der Waals surface area contributed by atoms with Gasteiger partial charge in [0.1, 0.15) is 11.4 Å². The average molecular weight is 324 g/mol. The number of benzene rings is 2. The van der Waals surface area contributed by atoms with Crippen molar-refractivity contribution in [3.8, 4) is 22.5 Å². The molecule has 0 unspecified atom stereocenters. The van der Waals surface area contributed by atoms with Gasteiger partial charge in [0.2, 0.25) is 0 Å². The second kappa shape index (κ2) is 5.49. The first-order valence-corrected chi connectivity index (χ1v) is 7.90. The van der Waals surface area contributed by atoms with E-state index in [1.54, 1.807) is 18.6 Å². The third kappa shape index (κ3) is 2.17. The fraction of sp³-hybridized carbons (Fsp3) is 0. The van der Waals surface area contributed by atoms with Crippen molar-refractivity contribution in [2.75, 3.05) is 0 Å². The van der Waals surface area contributed by atoms with E-state index in [2.05, 4.69) is 32.2 Å². The topological polar surface area (TPSA) is 64.7 Å². The monoisotopic (exact) mass is 324 g/mol. The van der Waals surface area contributed by atoms with Crippen LogP contribution in [0.25, 0.3) is 44.3 Å². The second-order valence-corrected chi connectivity index (χ2v) is 5.71. The molecule has 0 aliphatic heterocycles. The van der Waals surface area contributed by atoms with Gasteiger partial charge in [0.05, 0.1) is 11.6 Å². The van der Waals surface area contributed by atoms with Crippen molar-refractivity contribution >= 4 is 21.7 Å². The van der Waals surface area contributed by atoms with Crippen LogP contribution in [0, 0.1) is 0 Å². The summed E-state index contributed by atoms with van der Waals surface area (Å²) in [5.41, 5.74) is 4.09. The number of hydrogen-bond donors (Lipinski definition) is 0. The summed E-state index contributed by atoms with van der Waals surface area (Å²) in [6.07, 6.45) is 8.70. The minimum atomic E-state index is 0.689. The summed E-state index contributed by atoms with van der Waals surface area (Å²) in [7, 11) is 0. The Morgan fingerprint density at radius 2 is 1.64 bits per heavy atom.